The lowest BCUT2D eigenvalue weighted by atomic mass is 10.1. The van der Waals surface area contributed by atoms with E-state index in [4.69, 9.17) is 4.98 Å². The average Bonchev–Trinajstić information content (AvgIpc) is 3.11. The van der Waals surface area contributed by atoms with Gasteiger partial charge in [0.25, 0.3) is 5.56 Å². The second-order valence-electron chi connectivity index (χ2n) is 8.07. The molecule has 0 aliphatic carbocycles. The quantitative estimate of drug-likeness (QED) is 0.235. The minimum absolute atomic E-state index is 0.0744. The molecule has 7 heteroatoms. The monoisotopic (exact) mass is 459 g/mol. The molecule has 1 N–H and O–H groups in total. The number of nitrogens with one attached hydrogen (secondary N) is 1. The lowest BCUT2D eigenvalue weighted by Gasteiger charge is -2.20. The maximum absolute atomic E-state index is 13.4. The van der Waals surface area contributed by atoms with E-state index in [1.165, 1.54) is 18.7 Å². The van der Waals surface area contributed by atoms with E-state index in [0.29, 0.717) is 38.6 Å². The predicted octanol–water partition coefficient (Wildman–Crippen LogP) is 5.13. The highest BCUT2D eigenvalue weighted by Crippen LogP contribution is 2.26. The van der Waals surface area contributed by atoms with Gasteiger partial charge in [0, 0.05) is 11.3 Å². The summed E-state index contributed by atoms with van der Waals surface area (Å²) in [4.78, 5) is 46.2. The Morgan fingerprint density at radius 2 is 1.73 bits per heavy atom. The van der Waals surface area contributed by atoms with Crippen molar-refractivity contribution in [1.29, 1.82) is 0 Å². The van der Waals surface area contributed by atoms with Crippen LogP contribution in [0.15, 0.2) is 64.5 Å². The number of para-hydroxylation sites is 1. The molecule has 0 radical (unpaired) electrons. The SMILES string of the molecule is CC(=O)c1c(C)[nH]c(C(=O)CSc2nc3ccccc3c(=O)n2[C@@H](C)c2ccccc2)c1C. The molecule has 0 aliphatic rings. The number of hydrogen-bond donors (Lipinski definition) is 1. The number of fused-ring (bicyclic) bond motifs is 1. The summed E-state index contributed by atoms with van der Waals surface area (Å²) in [6.07, 6.45) is 0. The number of benzene rings is 2. The fourth-order valence-electron chi connectivity index (χ4n) is 4.21. The van der Waals surface area contributed by atoms with Crippen LogP contribution in [0, 0.1) is 13.8 Å². The minimum atomic E-state index is -0.257. The average molecular weight is 460 g/mol. The Bertz CT molecular complexity index is 1420. The topological polar surface area (TPSA) is 84.8 Å². The Balaban J connectivity index is 1.73. The molecule has 0 saturated heterocycles. The van der Waals surface area contributed by atoms with Crippen molar-refractivity contribution in [1.82, 2.24) is 14.5 Å². The van der Waals surface area contributed by atoms with Crippen molar-refractivity contribution >= 4 is 34.2 Å². The molecule has 0 bridgehead atoms. The molecule has 2 heterocycles. The molecule has 0 aliphatic heterocycles. The van der Waals surface area contributed by atoms with Crippen molar-refractivity contribution < 1.29 is 9.59 Å². The van der Waals surface area contributed by atoms with E-state index in [2.05, 4.69) is 4.98 Å². The molecule has 0 spiro atoms. The van der Waals surface area contributed by atoms with Crippen LogP contribution >= 0.6 is 11.8 Å². The van der Waals surface area contributed by atoms with Crippen LogP contribution in [-0.2, 0) is 0 Å². The van der Waals surface area contributed by atoms with Gasteiger partial charge in [-0.05, 0) is 51.0 Å². The summed E-state index contributed by atoms with van der Waals surface area (Å²) in [6.45, 7) is 7.02. The largest absolute Gasteiger partial charge is 0.355 e. The molecule has 6 nitrogen and oxygen atoms in total. The fraction of sp³-hybridized carbons (Fsp3) is 0.231. The minimum Gasteiger partial charge on any atom is -0.355 e. The Labute approximate surface area is 196 Å². The highest BCUT2D eigenvalue weighted by atomic mass is 32.2. The lowest BCUT2D eigenvalue weighted by Crippen LogP contribution is -2.27. The third kappa shape index (κ3) is 4.28. The number of hydrogen-bond acceptors (Lipinski definition) is 5. The number of H-pyrrole nitrogens is 1. The van der Waals surface area contributed by atoms with E-state index in [9.17, 15) is 14.4 Å². The standard InChI is InChI=1S/C26H25N3O3S/c1-15-23(18(4)30)16(2)27-24(15)22(31)14-33-26-28-21-13-9-8-12-20(21)25(32)29(26)17(3)19-10-6-5-7-11-19/h5-13,17,27H,14H2,1-4H3/t17-/m0/s1. The number of carbonyl (C=O) groups excluding carboxylic acids is 2. The first-order valence-corrected chi connectivity index (χ1v) is 11.7. The van der Waals surface area contributed by atoms with Gasteiger partial charge in [-0.2, -0.15) is 0 Å². The number of nitrogens with zero attached hydrogens (tertiary/aromatic N) is 2. The summed E-state index contributed by atoms with van der Waals surface area (Å²) in [5, 5.41) is 1.02. The van der Waals surface area contributed by atoms with E-state index >= 15 is 0 Å². The summed E-state index contributed by atoms with van der Waals surface area (Å²) in [5.74, 6) is -0.131. The van der Waals surface area contributed by atoms with Crippen molar-refractivity contribution in [2.45, 2.75) is 38.9 Å². The predicted molar refractivity (Wildman–Crippen MR) is 132 cm³/mol. The van der Waals surface area contributed by atoms with E-state index in [1.807, 2.05) is 49.4 Å². The smallest absolute Gasteiger partial charge is 0.262 e. The number of aryl methyl sites for hydroxylation is 1. The Hall–Kier alpha value is -3.45. The maximum Gasteiger partial charge on any atom is 0.262 e. The Kier molecular flexibility index (Phi) is 6.33. The van der Waals surface area contributed by atoms with Gasteiger partial charge in [-0.1, -0.05) is 54.2 Å². The van der Waals surface area contributed by atoms with Gasteiger partial charge in [0.2, 0.25) is 0 Å². The first-order valence-electron chi connectivity index (χ1n) is 10.7. The van der Waals surface area contributed by atoms with Gasteiger partial charge >= 0.3 is 0 Å². The van der Waals surface area contributed by atoms with E-state index in [1.54, 1.807) is 30.5 Å². The molecule has 0 saturated carbocycles. The van der Waals surface area contributed by atoms with Crippen molar-refractivity contribution in [2.75, 3.05) is 5.75 Å². The van der Waals surface area contributed by atoms with Crippen LogP contribution in [-0.4, -0.2) is 31.9 Å². The molecular weight excluding hydrogens is 434 g/mol. The molecule has 4 aromatic rings. The summed E-state index contributed by atoms with van der Waals surface area (Å²) >= 11 is 1.23. The normalized spacial score (nSPS) is 12.1. The van der Waals surface area contributed by atoms with Crippen molar-refractivity contribution in [3.8, 4) is 0 Å². The third-order valence-corrected chi connectivity index (χ3v) is 6.80. The van der Waals surface area contributed by atoms with Crippen LogP contribution in [0.4, 0.5) is 0 Å². The first kappa shape index (κ1) is 22.7. The zero-order chi connectivity index (χ0) is 23.7. The zero-order valence-electron chi connectivity index (χ0n) is 19.0. The molecule has 0 unspecified atom stereocenters. The second-order valence-corrected chi connectivity index (χ2v) is 9.01. The van der Waals surface area contributed by atoms with E-state index < -0.39 is 0 Å². The number of Topliss-reactive ketones (excluding diaryl/α,β-unsaturated/α-hetero) is 2. The number of aromatic amines is 1. The molecule has 1 atom stereocenters. The number of rotatable bonds is 7. The lowest BCUT2D eigenvalue weighted by molar-refractivity contribution is 0.101. The number of aromatic nitrogens is 3. The second kappa shape index (κ2) is 9.19. The fourth-order valence-corrected chi connectivity index (χ4v) is 5.16. The summed E-state index contributed by atoms with van der Waals surface area (Å²) in [7, 11) is 0. The molecule has 4 rings (SSSR count). The molecule has 2 aromatic carbocycles. The number of ketones is 2. The van der Waals surface area contributed by atoms with Gasteiger partial charge in [-0.15, -0.1) is 0 Å². The maximum atomic E-state index is 13.4. The first-order chi connectivity index (χ1) is 15.8. The van der Waals surface area contributed by atoms with Crippen molar-refractivity contribution in [2.24, 2.45) is 0 Å². The third-order valence-electron chi connectivity index (χ3n) is 5.85. The van der Waals surface area contributed by atoms with Crippen LogP contribution in [0.2, 0.25) is 0 Å². The molecule has 168 valence electrons. The van der Waals surface area contributed by atoms with Gasteiger partial charge < -0.3 is 4.98 Å². The summed E-state index contributed by atoms with van der Waals surface area (Å²) in [6, 6.07) is 16.7. The zero-order valence-corrected chi connectivity index (χ0v) is 19.8. The van der Waals surface area contributed by atoms with Crippen molar-refractivity contribution in [3.63, 3.8) is 0 Å². The van der Waals surface area contributed by atoms with E-state index in [0.717, 1.165) is 5.56 Å². The molecule has 0 fully saturated rings. The van der Waals surface area contributed by atoms with Crippen LogP contribution in [0.1, 0.15) is 57.6 Å². The highest BCUT2D eigenvalue weighted by Gasteiger charge is 2.22. The van der Waals surface area contributed by atoms with Gasteiger partial charge in [-0.25, -0.2) is 4.98 Å². The Morgan fingerprint density at radius 3 is 2.39 bits per heavy atom. The van der Waals surface area contributed by atoms with Crippen LogP contribution in [0.25, 0.3) is 10.9 Å². The number of thioether (sulfide) groups is 1. The van der Waals surface area contributed by atoms with Gasteiger partial charge in [0.15, 0.2) is 16.7 Å². The summed E-state index contributed by atoms with van der Waals surface area (Å²) in [5.41, 5.74) is 3.76. The molecular formula is C26H25N3O3S. The van der Waals surface area contributed by atoms with E-state index in [-0.39, 0.29) is 28.9 Å². The Morgan fingerprint density at radius 1 is 1.06 bits per heavy atom. The highest BCUT2D eigenvalue weighted by molar-refractivity contribution is 7.99. The summed E-state index contributed by atoms with van der Waals surface area (Å²) < 4.78 is 1.66. The van der Waals surface area contributed by atoms with Crippen molar-refractivity contribution in [3.05, 3.63) is 93.0 Å². The molecule has 2 aromatic heterocycles. The van der Waals surface area contributed by atoms with Crippen LogP contribution in [0.5, 0.6) is 0 Å². The van der Waals surface area contributed by atoms with Crippen LogP contribution < -0.4 is 5.56 Å². The van der Waals surface area contributed by atoms with Crippen LogP contribution in [0.3, 0.4) is 0 Å². The van der Waals surface area contributed by atoms with Gasteiger partial charge in [-0.3, -0.25) is 19.0 Å². The van der Waals surface area contributed by atoms with Gasteiger partial charge in [0.1, 0.15) is 0 Å². The molecule has 0 amide bonds. The molecule has 33 heavy (non-hydrogen) atoms. The number of carbonyl (C=O) groups is 2. The van der Waals surface area contributed by atoms with Gasteiger partial charge in [0.05, 0.1) is 28.4 Å².